The second-order valence-corrected chi connectivity index (χ2v) is 2.80. The van der Waals surface area contributed by atoms with Gasteiger partial charge in [0.15, 0.2) is 0 Å². The van der Waals surface area contributed by atoms with E-state index < -0.39 is 6.10 Å². The topological polar surface area (TPSA) is 86.7 Å². The van der Waals surface area contributed by atoms with Gasteiger partial charge in [-0.05, 0) is 17.7 Å². The molecule has 1 aromatic carbocycles. The van der Waals surface area contributed by atoms with Crippen LogP contribution in [0.25, 0.3) is 0 Å². The van der Waals surface area contributed by atoms with Crippen molar-refractivity contribution < 1.29 is 15.3 Å². The third-order valence-corrected chi connectivity index (χ3v) is 1.88. The normalized spacial score (nSPS) is 12.8. The van der Waals surface area contributed by atoms with Crippen LogP contribution in [0.2, 0.25) is 0 Å². The number of aliphatic hydroxyl groups excluding tert-OH is 2. The summed E-state index contributed by atoms with van der Waals surface area (Å²) in [5.74, 6) is 0.0236. The quantitative estimate of drug-likeness (QED) is 0.526. The number of rotatable bonds is 3. The van der Waals surface area contributed by atoms with E-state index in [9.17, 15) is 10.2 Å². The summed E-state index contributed by atoms with van der Waals surface area (Å²) in [5, 5.41) is 27.4. The van der Waals surface area contributed by atoms with Gasteiger partial charge >= 0.3 is 0 Å². The molecule has 5 N–H and O–H groups in total. The molecule has 0 fully saturated rings. The third kappa shape index (κ3) is 2.18. The van der Waals surface area contributed by atoms with E-state index in [1.54, 1.807) is 6.07 Å². The smallest absolute Gasteiger partial charge is 0.121 e. The van der Waals surface area contributed by atoms with E-state index in [4.69, 9.17) is 10.8 Å². The van der Waals surface area contributed by atoms with Gasteiger partial charge in [0.1, 0.15) is 5.75 Å². The van der Waals surface area contributed by atoms with Gasteiger partial charge in [0, 0.05) is 12.1 Å². The zero-order chi connectivity index (χ0) is 9.84. The zero-order valence-corrected chi connectivity index (χ0v) is 7.14. The predicted octanol–water partition coefficient (Wildman–Crippen LogP) is -0.123. The first kappa shape index (κ1) is 9.98. The Morgan fingerprint density at radius 1 is 1.38 bits per heavy atom. The number of nitrogens with two attached hydrogens (primary N) is 1. The molecule has 4 nitrogen and oxygen atoms in total. The summed E-state index contributed by atoms with van der Waals surface area (Å²) >= 11 is 0. The SMILES string of the molecule is NCC(O)c1ccc(O)c(CO)c1. The molecule has 0 aromatic heterocycles. The highest BCUT2D eigenvalue weighted by Crippen LogP contribution is 2.21. The van der Waals surface area contributed by atoms with Crippen molar-refractivity contribution in [2.75, 3.05) is 6.54 Å². The Balaban J connectivity index is 2.99. The van der Waals surface area contributed by atoms with Gasteiger partial charge in [-0.3, -0.25) is 0 Å². The first-order valence-corrected chi connectivity index (χ1v) is 3.99. The third-order valence-electron chi connectivity index (χ3n) is 1.88. The van der Waals surface area contributed by atoms with E-state index in [-0.39, 0.29) is 18.9 Å². The van der Waals surface area contributed by atoms with Crippen molar-refractivity contribution in [2.24, 2.45) is 5.73 Å². The minimum Gasteiger partial charge on any atom is -0.508 e. The van der Waals surface area contributed by atoms with Crippen molar-refractivity contribution in [3.05, 3.63) is 29.3 Å². The molecule has 0 aliphatic rings. The minimum atomic E-state index is -0.745. The van der Waals surface area contributed by atoms with Gasteiger partial charge in [0.25, 0.3) is 0 Å². The van der Waals surface area contributed by atoms with Crippen molar-refractivity contribution in [1.82, 2.24) is 0 Å². The van der Waals surface area contributed by atoms with Crippen molar-refractivity contribution >= 4 is 0 Å². The number of aromatic hydroxyl groups is 1. The number of hydrogen-bond acceptors (Lipinski definition) is 4. The molecular weight excluding hydrogens is 170 g/mol. The van der Waals surface area contributed by atoms with Crippen molar-refractivity contribution in [1.29, 1.82) is 0 Å². The Labute approximate surface area is 76.2 Å². The van der Waals surface area contributed by atoms with E-state index in [1.807, 2.05) is 0 Å². The van der Waals surface area contributed by atoms with Gasteiger partial charge in [-0.2, -0.15) is 0 Å². The van der Waals surface area contributed by atoms with E-state index >= 15 is 0 Å². The summed E-state index contributed by atoms with van der Waals surface area (Å²) in [6, 6.07) is 4.54. The first-order chi connectivity index (χ1) is 6.19. The predicted molar refractivity (Wildman–Crippen MR) is 48.0 cm³/mol. The highest BCUT2D eigenvalue weighted by molar-refractivity contribution is 5.36. The van der Waals surface area contributed by atoms with E-state index in [1.165, 1.54) is 12.1 Å². The summed E-state index contributed by atoms with van der Waals surface area (Å²) in [6.07, 6.45) is -0.745. The van der Waals surface area contributed by atoms with Crippen molar-refractivity contribution in [2.45, 2.75) is 12.7 Å². The molecule has 13 heavy (non-hydrogen) atoms. The first-order valence-electron chi connectivity index (χ1n) is 3.99. The highest BCUT2D eigenvalue weighted by Gasteiger charge is 2.07. The second kappa shape index (κ2) is 4.23. The second-order valence-electron chi connectivity index (χ2n) is 2.80. The van der Waals surface area contributed by atoms with E-state index in [2.05, 4.69) is 0 Å². The summed E-state index contributed by atoms with van der Waals surface area (Å²) < 4.78 is 0. The Morgan fingerprint density at radius 3 is 2.62 bits per heavy atom. The monoisotopic (exact) mass is 183 g/mol. The molecule has 0 aliphatic heterocycles. The van der Waals surface area contributed by atoms with Crippen LogP contribution >= 0.6 is 0 Å². The van der Waals surface area contributed by atoms with Crippen LogP contribution in [0.15, 0.2) is 18.2 Å². The molecule has 0 heterocycles. The van der Waals surface area contributed by atoms with Crippen LogP contribution in [0.4, 0.5) is 0 Å². The van der Waals surface area contributed by atoms with E-state index in [0.717, 1.165) is 0 Å². The lowest BCUT2D eigenvalue weighted by atomic mass is 10.1. The minimum absolute atomic E-state index is 0.0236. The molecule has 1 aromatic rings. The molecule has 0 radical (unpaired) electrons. The number of aliphatic hydroxyl groups is 2. The molecule has 1 unspecified atom stereocenters. The van der Waals surface area contributed by atoms with Gasteiger partial charge in [-0.1, -0.05) is 6.07 Å². The van der Waals surface area contributed by atoms with Crippen molar-refractivity contribution in [3.8, 4) is 5.75 Å². The van der Waals surface area contributed by atoms with Crippen LogP contribution in [-0.2, 0) is 6.61 Å². The highest BCUT2D eigenvalue weighted by atomic mass is 16.3. The summed E-state index contributed by atoms with van der Waals surface area (Å²) in [5.41, 5.74) is 6.25. The molecule has 1 rings (SSSR count). The molecule has 4 heteroatoms. The molecule has 72 valence electrons. The number of hydrogen-bond donors (Lipinski definition) is 4. The van der Waals surface area contributed by atoms with Crippen LogP contribution < -0.4 is 5.73 Å². The van der Waals surface area contributed by atoms with Crippen LogP contribution in [0.5, 0.6) is 5.75 Å². The molecule has 1 atom stereocenters. The standard InChI is InChI=1S/C9H13NO3/c10-4-9(13)6-1-2-8(12)7(3-6)5-11/h1-3,9,11-13H,4-5,10H2. The van der Waals surface area contributed by atoms with Gasteiger partial charge < -0.3 is 21.1 Å². The fraction of sp³-hybridized carbons (Fsp3) is 0.333. The summed E-state index contributed by atoms with van der Waals surface area (Å²) in [4.78, 5) is 0. The molecule has 0 aliphatic carbocycles. The maximum absolute atomic E-state index is 9.35. The van der Waals surface area contributed by atoms with Crippen molar-refractivity contribution in [3.63, 3.8) is 0 Å². The van der Waals surface area contributed by atoms with Crippen LogP contribution in [-0.4, -0.2) is 21.9 Å². The van der Waals surface area contributed by atoms with Gasteiger partial charge in [0.2, 0.25) is 0 Å². The fourth-order valence-electron chi connectivity index (χ4n) is 1.08. The lowest BCUT2D eigenvalue weighted by Crippen LogP contribution is -2.11. The van der Waals surface area contributed by atoms with Gasteiger partial charge in [-0.15, -0.1) is 0 Å². The molecule has 0 spiro atoms. The largest absolute Gasteiger partial charge is 0.508 e. The maximum Gasteiger partial charge on any atom is 0.121 e. The molecule has 0 amide bonds. The Morgan fingerprint density at radius 2 is 2.08 bits per heavy atom. The van der Waals surface area contributed by atoms with Gasteiger partial charge in [0.05, 0.1) is 12.7 Å². The lowest BCUT2D eigenvalue weighted by molar-refractivity contribution is 0.186. The average molecular weight is 183 g/mol. The number of benzene rings is 1. The van der Waals surface area contributed by atoms with Gasteiger partial charge in [-0.25, -0.2) is 0 Å². The molecule has 0 saturated carbocycles. The molecular formula is C9H13NO3. The van der Waals surface area contributed by atoms with Crippen LogP contribution in [0, 0.1) is 0 Å². The van der Waals surface area contributed by atoms with Crippen LogP contribution in [0.1, 0.15) is 17.2 Å². The van der Waals surface area contributed by atoms with Crippen LogP contribution in [0.3, 0.4) is 0 Å². The van der Waals surface area contributed by atoms with E-state index in [0.29, 0.717) is 11.1 Å². The summed E-state index contributed by atoms with van der Waals surface area (Å²) in [6.45, 7) is -0.132. The number of phenols is 1. The maximum atomic E-state index is 9.35. The fourth-order valence-corrected chi connectivity index (χ4v) is 1.08. The zero-order valence-electron chi connectivity index (χ0n) is 7.14. The lowest BCUT2D eigenvalue weighted by Gasteiger charge is -2.09. The average Bonchev–Trinajstić information content (AvgIpc) is 2.17. The molecule has 0 saturated heterocycles. The Bertz CT molecular complexity index is 288. The Hall–Kier alpha value is -1.10. The molecule has 0 bridgehead atoms. The summed E-state index contributed by atoms with van der Waals surface area (Å²) in [7, 11) is 0. The Kier molecular flexibility index (Phi) is 3.25.